The fourth-order valence-electron chi connectivity index (χ4n) is 3.28. The molecular weight excluding hydrogens is 204 g/mol. The van der Waals surface area contributed by atoms with Crippen molar-refractivity contribution < 1.29 is 9.53 Å². The molecule has 1 amide bonds. The van der Waals surface area contributed by atoms with Crippen molar-refractivity contribution in [1.82, 2.24) is 10.2 Å². The number of morpholine rings is 1. The van der Waals surface area contributed by atoms with Crippen molar-refractivity contribution in [3.8, 4) is 0 Å². The summed E-state index contributed by atoms with van der Waals surface area (Å²) >= 11 is 0. The van der Waals surface area contributed by atoms with Crippen LogP contribution in [-0.4, -0.2) is 49.2 Å². The number of hydrogen-bond acceptors (Lipinski definition) is 3. The lowest BCUT2D eigenvalue weighted by Crippen LogP contribution is -2.55. The summed E-state index contributed by atoms with van der Waals surface area (Å²) in [5.74, 6) is 0.931. The fraction of sp³-hybridized carbons (Fsp3) is 0.917. The van der Waals surface area contributed by atoms with Gasteiger partial charge >= 0.3 is 0 Å². The Morgan fingerprint density at radius 2 is 2.12 bits per heavy atom. The van der Waals surface area contributed by atoms with Crippen LogP contribution in [0.5, 0.6) is 0 Å². The minimum absolute atomic E-state index is 0.192. The van der Waals surface area contributed by atoms with Crippen LogP contribution in [0, 0.1) is 5.92 Å². The van der Waals surface area contributed by atoms with E-state index >= 15 is 0 Å². The summed E-state index contributed by atoms with van der Waals surface area (Å²) in [5, 5.41) is 3.32. The Morgan fingerprint density at radius 3 is 2.94 bits per heavy atom. The lowest BCUT2D eigenvalue weighted by atomic mass is 10.0. The molecule has 0 radical (unpaired) electrons. The number of carbonyl (C=O) groups is 1. The van der Waals surface area contributed by atoms with E-state index in [2.05, 4.69) is 10.2 Å². The molecule has 2 aliphatic heterocycles. The highest BCUT2D eigenvalue weighted by atomic mass is 16.5. The van der Waals surface area contributed by atoms with Gasteiger partial charge in [-0.3, -0.25) is 4.79 Å². The number of hydrogen-bond donors (Lipinski definition) is 1. The molecule has 0 unspecified atom stereocenters. The number of carbonyl (C=O) groups excluding carboxylic acids is 1. The molecule has 4 heteroatoms. The molecule has 0 aromatic carbocycles. The number of ether oxygens (including phenoxy) is 1. The highest BCUT2D eigenvalue weighted by Crippen LogP contribution is 2.28. The molecule has 2 heterocycles. The smallest absolute Gasteiger partial charge is 0.248 e. The average Bonchev–Trinajstić information content (AvgIpc) is 2.92. The summed E-state index contributed by atoms with van der Waals surface area (Å²) in [7, 11) is 0. The summed E-state index contributed by atoms with van der Waals surface area (Å²) in [6, 6.07) is 0.293. The molecule has 3 fully saturated rings. The van der Waals surface area contributed by atoms with Gasteiger partial charge in [0.2, 0.25) is 5.91 Å². The second kappa shape index (κ2) is 4.34. The van der Waals surface area contributed by atoms with E-state index < -0.39 is 0 Å². The molecule has 1 N–H and O–H groups in total. The van der Waals surface area contributed by atoms with E-state index in [1.165, 1.54) is 25.7 Å². The van der Waals surface area contributed by atoms with Crippen LogP contribution in [0.2, 0.25) is 0 Å². The van der Waals surface area contributed by atoms with E-state index in [1.807, 2.05) is 0 Å². The van der Waals surface area contributed by atoms with Crippen LogP contribution < -0.4 is 5.32 Å². The van der Waals surface area contributed by atoms with Crippen molar-refractivity contribution in [3.05, 3.63) is 0 Å². The molecule has 0 aromatic rings. The molecule has 16 heavy (non-hydrogen) atoms. The SMILES string of the molecule is O=C1CO[C@H]2CNC[C@@H]2N1CC1CCCC1. The molecule has 0 aromatic heterocycles. The van der Waals surface area contributed by atoms with E-state index in [9.17, 15) is 4.79 Å². The molecule has 90 valence electrons. The molecule has 3 aliphatic rings. The summed E-state index contributed by atoms with van der Waals surface area (Å²) in [6.45, 7) is 3.06. The van der Waals surface area contributed by atoms with Gasteiger partial charge in [0.1, 0.15) is 6.61 Å². The van der Waals surface area contributed by atoms with Gasteiger partial charge in [-0.15, -0.1) is 0 Å². The van der Waals surface area contributed by atoms with E-state index in [0.29, 0.717) is 6.04 Å². The zero-order valence-electron chi connectivity index (χ0n) is 9.65. The van der Waals surface area contributed by atoms with Crippen LogP contribution in [0.15, 0.2) is 0 Å². The van der Waals surface area contributed by atoms with Crippen LogP contribution in [0.1, 0.15) is 25.7 Å². The number of rotatable bonds is 2. The lowest BCUT2D eigenvalue weighted by Gasteiger charge is -2.38. The first-order chi connectivity index (χ1) is 7.84. The highest BCUT2D eigenvalue weighted by Gasteiger charge is 2.40. The second-order valence-corrected chi connectivity index (χ2v) is 5.27. The van der Waals surface area contributed by atoms with Crippen LogP contribution in [0.25, 0.3) is 0 Å². The molecule has 1 aliphatic carbocycles. The highest BCUT2D eigenvalue weighted by molar-refractivity contribution is 5.78. The van der Waals surface area contributed by atoms with Crippen molar-refractivity contribution in [2.75, 3.05) is 26.2 Å². The van der Waals surface area contributed by atoms with Crippen LogP contribution in [0.4, 0.5) is 0 Å². The van der Waals surface area contributed by atoms with Gasteiger partial charge in [0.15, 0.2) is 0 Å². The first-order valence-electron chi connectivity index (χ1n) is 6.46. The predicted molar refractivity (Wildman–Crippen MR) is 60.1 cm³/mol. The number of amides is 1. The Kier molecular flexibility index (Phi) is 2.86. The largest absolute Gasteiger partial charge is 0.365 e. The molecule has 0 spiro atoms. The second-order valence-electron chi connectivity index (χ2n) is 5.27. The molecule has 0 bridgehead atoms. The van der Waals surface area contributed by atoms with Gasteiger partial charge in [-0.2, -0.15) is 0 Å². The quantitative estimate of drug-likeness (QED) is 0.737. The Balaban J connectivity index is 1.67. The lowest BCUT2D eigenvalue weighted by molar-refractivity contribution is -0.153. The van der Waals surface area contributed by atoms with Gasteiger partial charge in [-0.1, -0.05) is 12.8 Å². The summed E-state index contributed by atoms with van der Waals surface area (Å²) in [4.78, 5) is 14.0. The standard InChI is InChI=1S/C12H20N2O2/c15-12-8-16-11-6-13-5-10(11)14(12)7-9-3-1-2-4-9/h9-11,13H,1-8H2/t10-,11-/m0/s1. The van der Waals surface area contributed by atoms with Gasteiger partial charge in [0.05, 0.1) is 12.1 Å². The van der Waals surface area contributed by atoms with E-state index in [-0.39, 0.29) is 18.6 Å². The van der Waals surface area contributed by atoms with Crippen molar-refractivity contribution in [3.63, 3.8) is 0 Å². The monoisotopic (exact) mass is 224 g/mol. The third-order valence-corrected chi connectivity index (χ3v) is 4.20. The Labute approximate surface area is 96.3 Å². The third-order valence-electron chi connectivity index (χ3n) is 4.20. The van der Waals surface area contributed by atoms with Crippen LogP contribution in [-0.2, 0) is 9.53 Å². The molecule has 3 rings (SSSR count). The van der Waals surface area contributed by atoms with Crippen molar-refractivity contribution in [2.24, 2.45) is 5.92 Å². The normalized spacial score (nSPS) is 35.8. The summed E-state index contributed by atoms with van der Waals surface area (Å²) < 4.78 is 5.56. The van der Waals surface area contributed by atoms with Crippen LogP contribution in [0.3, 0.4) is 0 Å². The maximum Gasteiger partial charge on any atom is 0.248 e. The van der Waals surface area contributed by atoms with Gasteiger partial charge < -0.3 is 15.0 Å². The number of fused-ring (bicyclic) bond motifs is 1. The maximum atomic E-state index is 11.9. The van der Waals surface area contributed by atoms with Crippen molar-refractivity contribution in [2.45, 2.75) is 37.8 Å². The average molecular weight is 224 g/mol. The van der Waals surface area contributed by atoms with Gasteiger partial charge in [-0.25, -0.2) is 0 Å². The summed E-state index contributed by atoms with van der Waals surface area (Å²) in [6.07, 6.45) is 5.52. The maximum absolute atomic E-state index is 11.9. The molecule has 1 saturated carbocycles. The zero-order valence-corrected chi connectivity index (χ0v) is 9.65. The van der Waals surface area contributed by atoms with Gasteiger partial charge in [0.25, 0.3) is 0 Å². The fourth-order valence-corrected chi connectivity index (χ4v) is 3.28. The van der Waals surface area contributed by atoms with Crippen molar-refractivity contribution in [1.29, 1.82) is 0 Å². The summed E-state index contributed by atoms with van der Waals surface area (Å²) in [5.41, 5.74) is 0. The molecular formula is C12H20N2O2. The number of nitrogens with zero attached hydrogens (tertiary/aromatic N) is 1. The zero-order chi connectivity index (χ0) is 11.0. The van der Waals surface area contributed by atoms with Gasteiger partial charge in [0, 0.05) is 19.6 Å². The van der Waals surface area contributed by atoms with E-state index in [0.717, 1.165) is 25.6 Å². The van der Waals surface area contributed by atoms with Gasteiger partial charge in [-0.05, 0) is 18.8 Å². The first kappa shape index (κ1) is 10.5. The minimum Gasteiger partial charge on any atom is -0.365 e. The Bertz CT molecular complexity index is 276. The van der Waals surface area contributed by atoms with Crippen LogP contribution >= 0.6 is 0 Å². The van der Waals surface area contributed by atoms with E-state index in [4.69, 9.17) is 4.74 Å². The molecule has 2 saturated heterocycles. The van der Waals surface area contributed by atoms with Crippen molar-refractivity contribution >= 4 is 5.91 Å². The van der Waals surface area contributed by atoms with E-state index in [1.54, 1.807) is 0 Å². The minimum atomic E-state index is 0.192. The Hall–Kier alpha value is -0.610. The topological polar surface area (TPSA) is 41.6 Å². The first-order valence-corrected chi connectivity index (χ1v) is 6.46. The third kappa shape index (κ3) is 1.84. The number of nitrogens with one attached hydrogen (secondary N) is 1. The molecule has 2 atom stereocenters. The predicted octanol–water partition coefficient (Wildman–Crippen LogP) is 0.376. The Morgan fingerprint density at radius 1 is 1.31 bits per heavy atom. The molecule has 4 nitrogen and oxygen atoms in total.